The van der Waals surface area contributed by atoms with Crippen LogP contribution in [-0.4, -0.2) is 19.1 Å². The van der Waals surface area contributed by atoms with E-state index < -0.39 is 6.04 Å². The maximum absolute atomic E-state index is 12.0. The molecule has 0 aromatic heterocycles. The van der Waals surface area contributed by atoms with Gasteiger partial charge in [0.1, 0.15) is 6.04 Å². The molecule has 18 heavy (non-hydrogen) atoms. The van der Waals surface area contributed by atoms with Crippen molar-refractivity contribution < 1.29 is 9.53 Å². The van der Waals surface area contributed by atoms with Gasteiger partial charge in [-0.25, -0.2) is 4.79 Å². The van der Waals surface area contributed by atoms with Crippen molar-refractivity contribution in [3.05, 3.63) is 34.3 Å². The van der Waals surface area contributed by atoms with Crippen LogP contribution in [0.5, 0.6) is 0 Å². The van der Waals surface area contributed by atoms with Crippen molar-refractivity contribution in [3.63, 3.8) is 0 Å². The van der Waals surface area contributed by atoms with Gasteiger partial charge in [0, 0.05) is 5.02 Å². The fourth-order valence-corrected chi connectivity index (χ4v) is 2.02. The summed E-state index contributed by atoms with van der Waals surface area (Å²) < 4.78 is 5.11. The Bertz CT molecular complexity index is 407. The van der Waals surface area contributed by atoms with Crippen molar-refractivity contribution >= 4 is 17.6 Å². The molecular weight excluding hydrogens is 250 g/mol. The van der Waals surface area contributed by atoms with Crippen molar-refractivity contribution in [2.75, 3.05) is 13.2 Å². The van der Waals surface area contributed by atoms with Gasteiger partial charge in [0.05, 0.1) is 6.61 Å². The summed E-state index contributed by atoms with van der Waals surface area (Å²) in [6.07, 6.45) is 0.961. The molecule has 1 aromatic carbocycles. The Morgan fingerprint density at radius 1 is 1.44 bits per heavy atom. The van der Waals surface area contributed by atoms with Crippen LogP contribution < -0.4 is 5.32 Å². The molecule has 1 rings (SSSR count). The zero-order valence-electron chi connectivity index (χ0n) is 11.1. The third kappa shape index (κ3) is 4.00. The Balaban J connectivity index is 2.97. The minimum absolute atomic E-state index is 0.239. The number of esters is 1. The monoisotopic (exact) mass is 269 g/mol. The molecule has 0 radical (unpaired) electrons. The second-order valence-corrected chi connectivity index (χ2v) is 4.58. The van der Waals surface area contributed by atoms with Crippen LogP contribution in [0.2, 0.25) is 5.02 Å². The normalized spacial score (nSPS) is 12.2. The number of hydrogen-bond acceptors (Lipinski definition) is 3. The third-order valence-corrected chi connectivity index (χ3v) is 2.90. The zero-order chi connectivity index (χ0) is 13.5. The van der Waals surface area contributed by atoms with Gasteiger partial charge in [-0.3, -0.25) is 0 Å². The Labute approximate surface area is 113 Å². The van der Waals surface area contributed by atoms with E-state index in [4.69, 9.17) is 16.3 Å². The number of nitrogens with one attached hydrogen (secondary N) is 1. The lowest BCUT2D eigenvalue weighted by atomic mass is 10.0. The summed E-state index contributed by atoms with van der Waals surface area (Å²) in [5, 5.41) is 3.89. The first kappa shape index (κ1) is 15.0. The lowest BCUT2D eigenvalue weighted by Gasteiger charge is -2.19. The number of benzene rings is 1. The van der Waals surface area contributed by atoms with Crippen LogP contribution in [0.3, 0.4) is 0 Å². The molecular formula is C14H20ClNO2. The van der Waals surface area contributed by atoms with Crippen LogP contribution in [0.25, 0.3) is 0 Å². The van der Waals surface area contributed by atoms with E-state index in [1.165, 1.54) is 0 Å². The molecule has 3 nitrogen and oxygen atoms in total. The lowest BCUT2D eigenvalue weighted by Crippen LogP contribution is -2.31. The minimum Gasteiger partial charge on any atom is -0.465 e. The average Bonchev–Trinajstić information content (AvgIpc) is 2.32. The van der Waals surface area contributed by atoms with Crippen LogP contribution in [0.4, 0.5) is 0 Å². The van der Waals surface area contributed by atoms with Crippen LogP contribution in [0.1, 0.15) is 37.4 Å². The zero-order valence-corrected chi connectivity index (χ0v) is 11.9. The lowest BCUT2D eigenvalue weighted by molar-refractivity contribution is -0.145. The minimum atomic E-state index is -0.415. The van der Waals surface area contributed by atoms with E-state index in [0.717, 1.165) is 24.1 Å². The van der Waals surface area contributed by atoms with Gasteiger partial charge in [0.15, 0.2) is 0 Å². The van der Waals surface area contributed by atoms with Gasteiger partial charge in [-0.05, 0) is 50.1 Å². The molecule has 0 aliphatic heterocycles. The van der Waals surface area contributed by atoms with Gasteiger partial charge in [-0.1, -0.05) is 24.6 Å². The largest absolute Gasteiger partial charge is 0.465 e. The molecule has 1 unspecified atom stereocenters. The van der Waals surface area contributed by atoms with Crippen LogP contribution in [-0.2, 0) is 9.53 Å². The molecule has 0 bridgehead atoms. The summed E-state index contributed by atoms with van der Waals surface area (Å²) in [4.78, 5) is 12.0. The summed E-state index contributed by atoms with van der Waals surface area (Å²) >= 11 is 5.93. The third-order valence-electron chi connectivity index (χ3n) is 2.66. The first-order valence-corrected chi connectivity index (χ1v) is 6.64. The number of halogens is 1. The van der Waals surface area contributed by atoms with Gasteiger partial charge in [0.25, 0.3) is 0 Å². The maximum Gasteiger partial charge on any atom is 0.327 e. The molecule has 4 heteroatoms. The standard InChI is InChI=1S/C14H20ClNO2/c1-4-8-16-13(14(17)18-5-2)12-7-6-11(15)9-10(12)3/h6-7,9,13,16H,4-5,8H2,1-3H3. The fourth-order valence-electron chi connectivity index (χ4n) is 1.80. The second-order valence-electron chi connectivity index (χ2n) is 4.14. The Morgan fingerprint density at radius 3 is 2.72 bits per heavy atom. The molecule has 1 atom stereocenters. The Kier molecular flexibility index (Phi) is 6.16. The number of ether oxygens (including phenoxy) is 1. The highest BCUT2D eigenvalue weighted by Gasteiger charge is 2.22. The summed E-state index contributed by atoms with van der Waals surface area (Å²) in [6.45, 7) is 6.97. The number of carbonyl (C=O) groups excluding carboxylic acids is 1. The number of carbonyl (C=O) groups is 1. The van der Waals surface area contributed by atoms with E-state index in [0.29, 0.717) is 11.6 Å². The van der Waals surface area contributed by atoms with E-state index in [2.05, 4.69) is 12.2 Å². The van der Waals surface area contributed by atoms with E-state index in [1.54, 1.807) is 6.07 Å². The first-order valence-electron chi connectivity index (χ1n) is 6.26. The molecule has 0 amide bonds. The van der Waals surface area contributed by atoms with Crippen molar-refractivity contribution in [1.82, 2.24) is 5.32 Å². The van der Waals surface area contributed by atoms with Crippen LogP contribution >= 0.6 is 11.6 Å². The maximum atomic E-state index is 12.0. The van der Waals surface area contributed by atoms with E-state index in [1.807, 2.05) is 26.0 Å². The molecule has 0 aliphatic rings. The number of aryl methyl sites for hydroxylation is 1. The highest BCUT2D eigenvalue weighted by molar-refractivity contribution is 6.30. The molecule has 0 aliphatic carbocycles. The van der Waals surface area contributed by atoms with E-state index >= 15 is 0 Å². The van der Waals surface area contributed by atoms with Crippen molar-refractivity contribution in [2.24, 2.45) is 0 Å². The van der Waals surface area contributed by atoms with Gasteiger partial charge in [0.2, 0.25) is 0 Å². The Morgan fingerprint density at radius 2 is 2.17 bits per heavy atom. The molecule has 1 N–H and O–H groups in total. The average molecular weight is 270 g/mol. The van der Waals surface area contributed by atoms with Gasteiger partial charge >= 0.3 is 5.97 Å². The summed E-state index contributed by atoms with van der Waals surface area (Å²) in [5.41, 5.74) is 1.91. The molecule has 0 spiro atoms. The fraction of sp³-hybridized carbons (Fsp3) is 0.500. The highest BCUT2D eigenvalue weighted by Crippen LogP contribution is 2.22. The van der Waals surface area contributed by atoms with Gasteiger partial charge < -0.3 is 10.1 Å². The molecule has 1 aromatic rings. The van der Waals surface area contributed by atoms with Crippen molar-refractivity contribution in [3.8, 4) is 0 Å². The first-order chi connectivity index (χ1) is 8.60. The molecule has 100 valence electrons. The van der Waals surface area contributed by atoms with E-state index in [9.17, 15) is 4.79 Å². The van der Waals surface area contributed by atoms with Crippen LogP contribution in [0, 0.1) is 6.92 Å². The van der Waals surface area contributed by atoms with Crippen LogP contribution in [0.15, 0.2) is 18.2 Å². The van der Waals surface area contributed by atoms with Crippen molar-refractivity contribution in [1.29, 1.82) is 0 Å². The Hall–Kier alpha value is -1.06. The number of rotatable bonds is 6. The molecule has 0 heterocycles. The predicted octanol–water partition coefficient (Wildman–Crippen LogP) is 3.25. The van der Waals surface area contributed by atoms with E-state index in [-0.39, 0.29) is 5.97 Å². The van der Waals surface area contributed by atoms with Crippen molar-refractivity contribution in [2.45, 2.75) is 33.2 Å². The smallest absolute Gasteiger partial charge is 0.327 e. The van der Waals surface area contributed by atoms with Gasteiger partial charge in [-0.15, -0.1) is 0 Å². The SMILES string of the molecule is CCCNC(C(=O)OCC)c1ccc(Cl)cc1C. The summed E-state index contributed by atoms with van der Waals surface area (Å²) in [7, 11) is 0. The molecule has 0 fully saturated rings. The highest BCUT2D eigenvalue weighted by atomic mass is 35.5. The topological polar surface area (TPSA) is 38.3 Å². The summed E-state index contributed by atoms with van der Waals surface area (Å²) in [5.74, 6) is -0.239. The predicted molar refractivity (Wildman–Crippen MR) is 73.9 cm³/mol. The summed E-state index contributed by atoms with van der Waals surface area (Å²) in [6, 6.07) is 5.12. The number of hydrogen-bond donors (Lipinski definition) is 1. The molecule has 0 saturated heterocycles. The van der Waals surface area contributed by atoms with Gasteiger partial charge in [-0.2, -0.15) is 0 Å². The second kappa shape index (κ2) is 7.39. The molecule has 0 saturated carbocycles. The quantitative estimate of drug-likeness (QED) is 0.806.